The predicted octanol–water partition coefficient (Wildman–Crippen LogP) is 2.25. The quantitative estimate of drug-likeness (QED) is 0.834. The van der Waals surface area contributed by atoms with Crippen molar-refractivity contribution in [2.75, 3.05) is 38.2 Å². The maximum Gasteiger partial charge on any atom is 0.151 e. The normalized spacial score (nSPS) is 19.2. The zero-order valence-electron chi connectivity index (χ0n) is 14.7. The minimum atomic E-state index is 0.126. The Bertz CT molecular complexity index is 713. The second kappa shape index (κ2) is 8.06. The molecule has 1 aliphatic heterocycles. The fourth-order valence-electron chi connectivity index (χ4n) is 3.15. The van der Waals surface area contributed by atoms with Gasteiger partial charge in [0.05, 0.1) is 24.3 Å². The topological polar surface area (TPSA) is 65.3 Å². The van der Waals surface area contributed by atoms with Crippen molar-refractivity contribution in [2.24, 2.45) is 0 Å². The lowest BCUT2D eigenvalue weighted by Gasteiger charge is -2.38. The monoisotopic (exact) mass is 337 g/mol. The summed E-state index contributed by atoms with van der Waals surface area (Å²) in [6.07, 6.45) is 1.80. The van der Waals surface area contributed by atoms with E-state index in [4.69, 9.17) is 10.00 Å². The van der Waals surface area contributed by atoms with Gasteiger partial charge in [0.15, 0.2) is 5.82 Å². The van der Waals surface area contributed by atoms with Crippen molar-refractivity contribution < 1.29 is 4.74 Å². The maximum atomic E-state index is 8.94. The van der Waals surface area contributed by atoms with Crippen LogP contribution in [0.4, 0.5) is 5.82 Å². The summed E-state index contributed by atoms with van der Waals surface area (Å²) >= 11 is 0. The highest BCUT2D eigenvalue weighted by atomic mass is 16.5. The summed E-state index contributed by atoms with van der Waals surface area (Å²) in [5, 5.41) is 17.0. The summed E-state index contributed by atoms with van der Waals surface area (Å²) in [5.41, 5.74) is 1.92. The molecule has 0 amide bonds. The van der Waals surface area contributed by atoms with Crippen LogP contribution in [0.5, 0.6) is 0 Å². The first-order valence-corrected chi connectivity index (χ1v) is 8.52. The minimum absolute atomic E-state index is 0.126. The summed E-state index contributed by atoms with van der Waals surface area (Å²) < 4.78 is 5.95. The van der Waals surface area contributed by atoms with Crippen molar-refractivity contribution in [2.45, 2.75) is 19.1 Å². The van der Waals surface area contributed by atoms with Crippen LogP contribution in [0.2, 0.25) is 0 Å². The number of hydrogen-bond acceptors (Lipinski definition) is 6. The molecule has 0 unspecified atom stereocenters. The Labute approximate surface area is 148 Å². The average Bonchev–Trinajstić information content (AvgIpc) is 2.68. The predicted molar refractivity (Wildman–Crippen MR) is 96.2 cm³/mol. The van der Waals surface area contributed by atoms with Crippen LogP contribution >= 0.6 is 0 Å². The lowest BCUT2D eigenvalue weighted by molar-refractivity contribution is -0.0368. The first kappa shape index (κ1) is 17.3. The van der Waals surface area contributed by atoms with E-state index in [1.54, 1.807) is 6.20 Å². The van der Waals surface area contributed by atoms with Crippen LogP contribution < -0.4 is 4.90 Å². The maximum absolute atomic E-state index is 8.94. The van der Waals surface area contributed by atoms with Gasteiger partial charge in [0.25, 0.3) is 0 Å². The van der Waals surface area contributed by atoms with Gasteiger partial charge in [-0.05, 0) is 36.8 Å². The van der Waals surface area contributed by atoms with Gasteiger partial charge in [0.1, 0.15) is 0 Å². The summed E-state index contributed by atoms with van der Waals surface area (Å²) in [7, 11) is 2.01. The standard InChI is InChI=1S/C19H23N5O/c1-15(17-7-5-16(12-20)6-8-17)24-10-11-25-18(14-24)13-23(2)19-4-3-9-21-22-19/h3-9,15,18H,10-11,13-14H2,1-2H3/t15-,18-/m0/s1. The molecular weight excluding hydrogens is 314 g/mol. The van der Waals surface area contributed by atoms with Crippen LogP contribution in [0, 0.1) is 11.3 Å². The van der Waals surface area contributed by atoms with Crippen LogP contribution in [0.25, 0.3) is 0 Å². The van der Waals surface area contributed by atoms with E-state index in [2.05, 4.69) is 33.0 Å². The second-order valence-electron chi connectivity index (χ2n) is 6.36. The van der Waals surface area contributed by atoms with Gasteiger partial charge in [-0.15, -0.1) is 5.10 Å². The average molecular weight is 337 g/mol. The number of aromatic nitrogens is 2. The zero-order valence-corrected chi connectivity index (χ0v) is 14.7. The van der Waals surface area contributed by atoms with E-state index in [0.717, 1.165) is 32.1 Å². The third-order valence-electron chi connectivity index (χ3n) is 4.67. The summed E-state index contributed by atoms with van der Waals surface area (Å²) in [6.45, 7) is 5.48. The SMILES string of the molecule is C[C@@H](c1ccc(C#N)cc1)N1CCO[C@@H](CN(C)c2cccnn2)C1. The molecule has 2 aromatic rings. The van der Waals surface area contributed by atoms with E-state index in [1.165, 1.54) is 5.56 Å². The fourth-order valence-corrected chi connectivity index (χ4v) is 3.15. The van der Waals surface area contributed by atoms with Crippen molar-refractivity contribution in [3.63, 3.8) is 0 Å². The van der Waals surface area contributed by atoms with Crippen molar-refractivity contribution in [1.29, 1.82) is 5.26 Å². The van der Waals surface area contributed by atoms with Gasteiger partial charge in [-0.25, -0.2) is 0 Å². The number of hydrogen-bond donors (Lipinski definition) is 0. The third kappa shape index (κ3) is 4.32. The van der Waals surface area contributed by atoms with E-state index in [9.17, 15) is 0 Å². The van der Waals surface area contributed by atoms with Gasteiger partial charge >= 0.3 is 0 Å². The Kier molecular flexibility index (Phi) is 5.59. The van der Waals surface area contributed by atoms with Crippen LogP contribution in [0.1, 0.15) is 24.1 Å². The lowest BCUT2D eigenvalue weighted by Crippen LogP contribution is -2.47. The first-order valence-electron chi connectivity index (χ1n) is 8.52. The second-order valence-corrected chi connectivity index (χ2v) is 6.36. The number of nitriles is 1. The molecule has 0 aliphatic carbocycles. The highest BCUT2D eigenvalue weighted by Crippen LogP contribution is 2.23. The molecule has 0 radical (unpaired) electrons. The third-order valence-corrected chi connectivity index (χ3v) is 4.67. The molecule has 1 saturated heterocycles. The molecule has 25 heavy (non-hydrogen) atoms. The van der Waals surface area contributed by atoms with E-state index >= 15 is 0 Å². The molecule has 6 heteroatoms. The molecule has 0 N–H and O–H groups in total. The van der Waals surface area contributed by atoms with Crippen LogP contribution in [-0.2, 0) is 4.74 Å². The Morgan fingerprint density at radius 3 is 2.84 bits per heavy atom. The fraction of sp³-hybridized carbons (Fsp3) is 0.421. The molecule has 1 aliphatic rings. The number of anilines is 1. The van der Waals surface area contributed by atoms with Crippen molar-refractivity contribution >= 4 is 5.82 Å². The van der Waals surface area contributed by atoms with Crippen molar-refractivity contribution in [1.82, 2.24) is 15.1 Å². The molecule has 1 aromatic heterocycles. The molecule has 2 heterocycles. The summed E-state index contributed by atoms with van der Waals surface area (Å²) in [4.78, 5) is 4.51. The highest BCUT2D eigenvalue weighted by Gasteiger charge is 2.26. The van der Waals surface area contributed by atoms with E-state index in [1.807, 2.05) is 43.4 Å². The smallest absolute Gasteiger partial charge is 0.151 e. The van der Waals surface area contributed by atoms with E-state index in [0.29, 0.717) is 11.6 Å². The number of likely N-dealkylation sites (N-methyl/N-ethyl adjacent to an activating group) is 1. The van der Waals surface area contributed by atoms with E-state index in [-0.39, 0.29) is 6.10 Å². The number of ether oxygens (including phenoxy) is 1. The molecule has 130 valence electrons. The summed E-state index contributed by atoms with van der Waals surface area (Å²) in [6, 6.07) is 14.1. The Balaban J connectivity index is 1.61. The molecule has 0 bridgehead atoms. The largest absolute Gasteiger partial charge is 0.374 e. The number of nitrogens with zero attached hydrogens (tertiary/aromatic N) is 5. The number of benzene rings is 1. The Morgan fingerprint density at radius 1 is 1.36 bits per heavy atom. The Morgan fingerprint density at radius 2 is 2.16 bits per heavy atom. The lowest BCUT2D eigenvalue weighted by atomic mass is 10.0. The molecular formula is C19H23N5O. The number of morpholine rings is 1. The van der Waals surface area contributed by atoms with E-state index < -0.39 is 0 Å². The van der Waals surface area contributed by atoms with Gasteiger partial charge < -0.3 is 9.64 Å². The minimum Gasteiger partial charge on any atom is -0.374 e. The number of rotatable bonds is 5. The van der Waals surface area contributed by atoms with Crippen molar-refractivity contribution in [3.05, 3.63) is 53.7 Å². The molecule has 3 rings (SSSR count). The van der Waals surface area contributed by atoms with Crippen LogP contribution in [0.15, 0.2) is 42.6 Å². The highest BCUT2D eigenvalue weighted by molar-refractivity contribution is 5.35. The van der Waals surface area contributed by atoms with Gasteiger partial charge in [0, 0.05) is 38.9 Å². The molecule has 0 saturated carbocycles. The van der Waals surface area contributed by atoms with Crippen LogP contribution in [0.3, 0.4) is 0 Å². The van der Waals surface area contributed by atoms with Gasteiger partial charge in [-0.2, -0.15) is 10.4 Å². The molecule has 1 aromatic carbocycles. The summed E-state index contributed by atoms with van der Waals surface area (Å²) in [5.74, 6) is 0.850. The Hall–Kier alpha value is -2.49. The molecule has 0 spiro atoms. The zero-order chi connectivity index (χ0) is 17.6. The van der Waals surface area contributed by atoms with Gasteiger partial charge in [-0.1, -0.05) is 12.1 Å². The van der Waals surface area contributed by atoms with Gasteiger partial charge in [0.2, 0.25) is 0 Å². The first-order chi connectivity index (χ1) is 12.2. The molecule has 1 fully saturated rings. The van der Waals surface area contributed by atoms with Crippen molar-refractivity contribution in [3.8, 4) is 6.07 Å². The van der Waals surface area contributed by atoms with Gasteiger partial charge in [-0.3, -0.25) is 4.90 Å². The van der Waals surface area contributed by atoms with Crippen LogP contribution in [-0.4, -0.2) is 54.5 Å². The molecule has 6 nitrogen and oxygen atoms in total. The molecule has 2 atom stereocenters.